The van der Waals surface area contributed by atoms with Crippen LogP contribution in [-0.4, -0.2) is 25.0 Å². The third-order valence-corrected chi connectivity index (χ3v) is 2.20. The molecule has 2 N–H and O–H groups in total. The monoisotopic (exact) mass is 171 g/mol. The number of hydrogen-bond donors (Lipinski definition) is 1. The Morgan fingerprint density at radius 3 is 2.33 bits per heavy atom. The van der Waals surface area contributed by atoms with Gasteiger partial charge < -0.3 is 10.5 Å². The number of ketones is 1. The van der Waals surface area contributed by atoms with E-state index in [1.165, 1.54) is 0 Å². The second kappa shape index (κ2) is 3.15. The number of rotatable bonds is 1. The van der Waals surface area contributed by atoms with E-state index in [9.17, 15) is 4.79 Å². The highest BCUT2D eigenvalue weighted by atomic mass is 16.5. The van der Waals surface area contributed by atoms with E-state index in [1.807, 2.05) is 20.8 Å². The Hall–Kier alpha value is -0.410. The van der Waals surface area contributed by atoms with Gasteiger partial charge >= 0.3 is 0 Å². The molecule has 1 rings (SSSR count). The van der Waals surface area contributed by atoms with Gasteiger partial charge in [0.25, 0.3) is 0 Å². The standard InChI is InChI=1S/C9H17NO2/c1-9(2,3)8(11)6-4-12-5-7(6)10/h6-7H,4-5,10H2,1-3H3. The molecule has 0 aliphatic carbocycles. The number of Topliss-reactive ketones (excluding diaryl/α,β-unsaturated/α-hetero) is 1. The molecule has 0 aromatic rings. The van der Waals surface area contributed by atoms with E-state index in [1.54, 1.807) is 0 Å². The summed E-state index contributed by atoms with van der Waals surface area (Å²) in [4.78, 5) is 11.7. The van der Waals surface area contributed by atoms with Crippen molar-refractivity contribution in [3.05, 3.63) is 0 Å². The topological polar surface area (TPSA) is 52.3 Å². The Morgan fingerprint density at radius 2 is 2.00 bits per heavy atom. The normalized spacial score (nSPS) is 30.7. The van der Waals surface area contributed by atoms with Crippen molar-refractivity contribution in [1.82, 2.24) is 0 Å². The first-order valence-corrected chi connectivity index (χ1v) is 4.30. The van der Waals surface area contributed by atoms with E-state index >= 15 is 0 Å². The zero-order valence-electron chi connectivity index (χ0n) is 7.96. The van der Waals surface area contributed by atoms with E-state index in [0.29, 0.717) is 13.2 Å². The van der Waals surface area contributed by atoms with Gasteiger partial charge in [-0.1, -0.05) is 20.8 Å². The van der Waals surface area contributed by atoms with Gasteiger partial charge in [-0.2, -0.15) is 0 Å². The third-order valence-electron chi connectivity index (χ3n) is 2.20. The van der Waals surface area contributed by atoms with Crippen molar-refractivity contribution in [3.63, 3.8) is 0 Å². The highest BCUT2D eigenvalue weighted by molar-refractivity contribution is 5.86. The number of ether oxygens (including phenoxy) is 1. The van der Waals surface area contributed by atoms with E-state index in [-0.39, 0.29) is 23.2 Å². The minimum Gasteiger partial charge on any atom is -0.379 e. The van der Waals surface area contributed by atoms with Crippen molar-refractivity contribution < 1.29 is 9.53 Å². The summed E-state index contributed by atoms with van der Waals surface area (Å²) in [5.74, 6) is 0.123. The molecule has 0 spiro atoms. The Kier molecular flexibility index (Phi) is 2.54. The molecule has 1 aliphatic heterocycles. The van der Waals surface area contributed by atoms with Crippen molar-refractivity contribution in [2.45, 2.75) is 26.8 Å². The molecule has 1 fully saturated rings. The Balaban J connectivity index is 2.64. The zero-order chi connectivity index (χ0) is 9.35. The fourth-order valence-corrected chi connectivity index (χ4v) is 1.40. The summed E-state index contributed by atoms with van der Waals surface area (Å²) in [6, 6.07) is -0.100. The molecule has 2 atom stereocenters. The second-order valence-corrected chi connectivity index (χ2v) is 4.42. The molecular weight excluding hydrogens is 154 g/mol. The maximum absolute atomic E-state index is 11.7. The minimum atomic E-state index is -0.296. The van der Waals surface area contributed by atoms with Gasteiger partial charge in [-0.15, -0.1) is 0 Å². The number of hydrogen-bond acceptors (Lipinski definition) is 3. The van der Waals surface area contributed by atoms with E-state index < -0.39 is 0 Å². The molecule has 3 nitrogen and oxygen atoms in total. The lowest BCUT2D eigenvalue weighted by atomic mass is 9.81. The molecule has 0 amide bonds. The van der Waals surface area contributed by atoms with Gasteiger partial charge in [0.2, 0.25) is 0 Å². The van der Waals surface area contributed by atoms with Crippen LogP contribution in [0.2, 0.25) is 0 Å². The van der Waals surface area contributed by atoms with Crippen molar-refractivity contribution in [2.24, 2.45) is 17.1 Å². The number of carbonyl (C=O) groups excluding carboxylic acids is 1. The number of carbonyl (C=O) groups is 1. The molecule has 1 heterocycles. The van der Waals surface area contributed by atoms with Crippen LogP contribution in [0.3, 0.4) is 0 Å². The highest BCUT2D eigenvalue weighted by Crippen LogP contribution is 2.24. The van der Waals surface area contributed by atoms with E-state index in [2.05, 4.69) is 0 Å². The first kappa shape index (κ1) is 9.68. The predicted molar refractivity (Wildman–Crippen MR) is 46.7 cm³/mol. The Labute approximate surface area is 73.3 Å². The van der Waals surface area contributed by atoms with E-state index in [4.69, 9.17) is 10.5 Å². The molecule has 0 bridgehead atoms. The Morgan fingerprint density at radius 1 is 1.42 bits per heavy atom. The maximum Gasteiger partial charge on any atom is 0.145 e. The van der Waals surface area contributed by atoms with Crippen LogP contribution in [0, 0.1) is 11.3 Å². The smallest absolute Gasteiger partial charge is 0.145 e. The van der Waals surface area contributed by atoms with Crippen molar-refractivity contribution in [1.29, 1.82) is 0 Å². The average molecular weight is 171 g/mol. The van der Waals surface area contributed by atoms with Crippen LogP contribution in [0.25, 0.3) is 0 Å². The minimum absolute atomic E-state index is 0.0926. The van der Waals surface area contributed by atoms with Gasteiger partial charge in [-0.25, -0.2) is 0 Å². The summed E-state index contributed by atoms with van der Waals surface area (Å²) in [6.07, 6.45) is 0. The van der Waals surface area contributed by atoms with Gasteiger partial charge in [0.05, 0.1) is 19.1 Å². The van der Waals surface area contributed by atoms with Crippen molar-refractivity contribution in [3.8, 4) is 0 Å². The fourth-order valence-electron chi connectivity index (χ4n) is 1.40. The van der Waals surface area contributed by atoms with Crippen molar-refractivity contribution >= 4 is 5.78 Å². The lowest BCUT2D eigenvalue weighted by molar-refractivity contribution is -0.130. The molecule has 0 saturated carbocycles. The molecule has 0 aromatic carbocycles. The molecule has 70 valence electrons. The summed E-state index contributed by atoms with van der Waals surface area (Å²) in [5, 5.41) is 0. The molecule has 2 unspecified atom stereocenters. The lowest BCUT2D eigenvalue weighted by Gasteiger charge is -2.22. The van der Waals surface area contributed by atoms with Crippen LogP contribution in [0.1, 0.15) is 20.8 Å². The summed E-state index contributed by atoms with van der Waals surface area (Å²) in [6.45, 7) is 6.77. The molecule has 0 aromatic heterocycles. The van der Waals surface area contributed by atoms with Gasteiger partial charge in [0.1, 0.15) is 5.78 Å². The quantitative estimate of drug-likeness (QED) is 0.627. The lowest BCUT2D eigenvalue weighted by Crippen LogP contribution is -2.39. The van der Waals surface area contributed by atoms with Gasteiger partial charge in [0, 0.05) is 11.5 Å². The highest BCUT2D eigenvalue weighted by Gasteiger charge is 2.36. The zero-order valence-corrected chi connectivity index (χ0v) is 7.96. The predicted octanol–water partition coefficient (Wildman–Crippen LogP) is 0.575. The molecule has 1 saturated heterocycles. The summed E-state index contributed by atoms with van der Waals surface area (Å²) in [7, 11) is 0. The Bertz CT molecular complexity index is 183. The average Bonchev–Trinajstić information content (AvgIpc) is 2.31. The molecule has 0 radical (unpaired) electrons. The molecular formula is C9H17NO2. The SMILES string of the molecule is CC(C)(C)C(=O)C1COCC1N. The first-order valence-electron chi connectivity index (χ1n) is 4.30. The van der Waals surface area contributed by atoms with Gasteiger partial charge in [0.15, 0.2) is 0 Å². The van der Waals surface area contributed by atoms with Gasteiger partial charge in [-0.05, 0) is 0 Å². The maximum atomic E-state index is 11.7. The van der Waals surface area contributed by atoms with Crippen LogP contribution in [0.4, 0.5) is 0 Å². The van der Waals surface area contributed by atoms with Gasteiger partial charge in [-0.3, -0.25) is 4.79 Å². The van der Waals surface area contributed by atoms with Crippen LogP contribution in [0.5, 0.6) is 0 Å². The molecule has 1 aliphatic rings. The van der Waals surface area contributed by atoms with Crippen LogP contribution >= 0.6 is 0 Å². The third kappa shape index (κ3) is 1.84. The molecule has 12 heavy (non-hydrogen) atoms. The van der Waals surface area contributed by atoms with E-state index in [0.717, 1.165) is 0 Å². The summed E-state index contributed by atoms with van der Waals surface area (Å²) < 4.78 is 5.14. The first-order chi connectivity index (χ1) is 5.43. The largest absolute Gasteiger partial charge is 0.379 e. The van der Waals surface area contributed by atoms with Crippen LogP contribution in [-0.2, 0) is 9.53 Å². The fraction of sp³-hybridized carbons (Fsp3) is 0.889. The van der Waals surface area contributed by atoms with Crippen molar-refractivity contribution in [2.75, 3.05) is 13.2 Å². The number of nitrogens with two attached hydrogens (primary N) is 1. The summed E-state index contributed by atoms with van der Waals surface area (Å²) >= 11 is 0. The second-order valence-electron chi connectivity index (χ2n) is 4.42. The molecule has 3 heteroatoms. The summed E-state index contributed by atoms with van der Waals surface area (Å²) in [5.41, 5.74) is 5.44. The van der Waals surface area contributed by atoms with Crippen LogP contribution < -0.4 is 5.73 Å². The van der Waals surface area contributed by atoms with Crippen LogP contribution in [0.15, 0.2) is 0 Å².